The molecule has 2 aromatic rings. The van der Waals surface area contributed by atoms with Gasteiger partial charge in [-0.15, -0.1) is 11.3 Å². The van der Waals surface area contributed by atoms with Crippen LogP contribution in [-0.4, -0.2) is 22.4 Å². The minimum atomic E-state index is -0.119. The highest BCUT2D eigenvalue weighted by Gasteiger charge is 2.10. The van der Waals surface area contributed by atoms with Crippen LogP contribution in [0, 0.1) is 0 Å². The van der Waals surface area contributed by atoms with E-state index in [0.717, 1.165) is 25.1 Å². The van der Waals surface area contributed by atoms with Crippen molar-refractivity contribution in [2.45, 2.75) is 26.2 Å². The zero-order chi connectivity index (χ0) is 14.2. The lowest BCUT2D eigenvalue weighted by Crippen LogP contribution is -2.24. The zero-order valence-corrected chi connectivity index (χ0v) is 12.2. The van der Waals surface area contributed by atoms with Crippen molar-refractivity contribution < 1.29 is 4.79 Å². The van der Waals surface area contributed by atoms with E-state index in [1.165, 1.54) is 11.3 Å². The normalized spacial score (nSPS) is 10.2. The molecule has 106 valence electrons. The maximum Gasteiger partial charge on any atom is 0.270 e. The molecule has 0 bridgehead atoms. The third-order valence-electron chi connectivity index (χ3n) is 2.70. The Bertz CT molecular complexity index is 541. The molecular formula is C14H18N4OS. The highest BCUT2D eigenvalue weighted by Crippen LogP contribution is 2.19. The first-order valence-corrected chi connectivity index (χ1v) is 7.59. The molecule has 0 saturated heterocycles. The van der Waals surface area contributed by atoms with E-state index < -0.39 is 0 Å². The Hall–Kier alpha value is -1.95. The Labute approximate surface area is 122 Å². The van der Waals surface area contributed by atoms with Crippen LogP contribution in [0.3, 0.4) is 0 Å². The van der Waals surface area contributed by atoms with Crippen LogP contribution in [0.5, 0.6) is 0 Å². The van der Waals surface area contributed by atoms with E-state index >= 15 is 0 Å². The number of pyridine rings is 1. The van der Waals surface area contributed by atoms with Gasteiger partial charge in [-0.2, -0.15) is 0 Å². The lowest BCUT2D eigenvalue weighted by Gasteiger charge is -2.02. The summed E-state index contributed by atoms with van der Waals surface area (Å²) in [6, 6.07) is 5.60. The average Bonchev–Trinajstić information content (AvgIpc) is 2.93. The molecule has 5 nitrogen and oxygen atoms in total. The third-order valence-corrected chi connectivity index (χ3v) is 3.46. The summed E-state index contributed by atoms with van der Waals surface area (Å²) in [5.74, 6) is 0.600. The Balaban J connectivity index is 1.87. The number of aromatic nitrogens is 2. The van der Waals surface area contributed by atoms with E-state index in [-0.39, 0.29) is 5.91 Å². The van der Waals surface area contributed by atoms with Crippen molar-refractivity contribution in [2.24, 2.45) is 0 Å². The number of carbonyl (C=O) groups is 1. The zero-order valence-electron chi connectivity index (χ0n) is 11.4. The van der Waals surface area contributed by atoms with Gasteiger partial charge in [0.05, 0.1) is 0 Å². The van der Waals surface area contributed by atoms with Gasteiger partial charge >= 0.3 is 0 Å². The van der Waals surface area contributed by atoms with Crippen molar-refractivity contribution in [2.75, 3.05) is 11.9 Å². The molecule has 20 heavy (non-hydrogen) atoms. The molecule has 0 unspecified atom stereocenters. The molecule has 2 rings (SSSR count). The quantitative estimate of drug-likeness (QED) is 0.768. The van der Waals surface area contributed by atoms with Gasteiger partial charge < -0.3 is 10.6 Å². The summed E-state index contributed by atoms with van der Waals surface area (Å²) >= 11 is 1.39. The molecule has 0 atom stereocenters. The van der Waals surface area contributed by atoms with E-state index in [1.807, 2.05) is 18.2 Å². The number of rotatable bonds is 7. The molecule has 2 heterocycles. The summed E-state index contributed by atoms with van der Waals surface area (Å²) in [6.45, 7) is 2.84. The number of amides is 1. The van der Waals surface area contributed by atoms with E-state index in [1.54, 1.807) is 11.6 Å². The second-order valence-corrected chi connectivity index (χ2v) is 5.20. The first-order valence-electron chi connectivity index (χ1n) is 6.71. The number of hydrogen-bond acceptors (Lipinski definition) is 5. The van der Waals surface area contributed by atoms with Crippen LogP contribution in [0.1, 0.15) is 36.7 Å². The molecule has 0 radical (unpaired) electrons. The molecule has 0 aliphatic heterocycles. The predicted octanol–water partition coefficient (Wildman–Crippen LogP) is 3.20. The molecule has 2 aromatic heterocycles. The number of nitrogens with zero attached hydrogens (tertiary/aromatic N) is 2. The molecule has 2 N–H and O–H groups in total. The maximum atomic E-state index is 11.9. The Morgan fingerprint density at radius 3 is 3.00 bits per heavy atom. The summed E-state index contributed by atoms with van der Waals surface area (Å²) in [5, 5.41) is 8.36. The molecular weight excluding hydrogens is 272 g/mol. The van der Waals surface area contributed by atoms with Gasteiger partial charge in [0, 0.05) is 18.1 Å². The SMILES string of the molecule is CCCCCNC(=O)c1csc(Nc2ccccn2)n1. The number of nitrogens with one attached hydrogen (secondary N) is 2. The largest absolute Gasteiger partial charge is 0.351 e. The summed E-state index contributed by atoms with van der Waals surface area (Å²) in [4.78, 5) is 20.3. The number of unbranched alkanes of at least 4 members (excludes halogenated alkanes) is 2. The number of anilines is 2. The van der Waals surface area contributed by atoms with Gasteiger partial charge in [0.2, 0.25) is 0 Å². The van der Waals surface area contributed by atoms with Crippen molar-refractivity contribution in [3.63, 3.8) is 0 Å². The predicted molar refractivity (Wildman–Crippen MR) is 81.5 cm³/mol. The van der Waals surface area contributed by atoms with Gasteiger partial charge in [-0.05, 0) is 18.6 Å². The lowest BCUT2D eigenvalue weighted by molar-refractivity contribution is 0.0949. The van der Waals surface area contributed by atoms with Crippen LogP contribution in [-0.2, 0) is 0 Å². The first kappa shape index (κ1) is 14.5. The standard InChI is InChI=1S/C14H18N4OS/c1-2-3-5-9-16-13(19)11-10-20-14(17-11)18-12-7-4-6-8-15-12/h4,6-8,10H,2-3,5,9H2,1H3,(H,16,19)(H,15,17,18). The van der Waals surface area contributed by atoms with Crippen LogP contribution >= 0.6 is 11.3 Å². The Morgan fingerprint density at radius 2 is 2.25 bits per heavy atom. The van der Waals surface area contributed by atoms with Gasteiger partial charge in [-0.25, -0.2) is 9.97 Å². The second-order valence-electron chi connectivity index (χ2n) is 4.34. The molecule has 0 aliphatic carbocycles. The Morgan fingerprint density at radius 1 is 1.35 bits per heavy atom. The number of hydrogen-bond donors (Lipinski definition) is 2. The Kier molecular flexibility index (Phi) is 5.49. The van der Waals surface area contributed by atoms with Crippen LogP contribution in [0.4, 0.5) is 10.9 Å². The third kappa shape index (κ3) is 4.31. The minimum Gasteiger partial charge on any atom is -0.351 e. The summed E-state index contributed by atoms with van der Waals surface area (Å²) in [7, 11) is 0. The van der Waals surface area contributed by atoms with Crippen LogP contribution in [0.15, 0.2) is 29.8 Å². The van der Waals surface area contributed by atoms with E-state index in [4.69, 9.17) is 0 Å². The molecule has 0 aromatic carbocycles. The molecule has 0 saturated carbocycles. The van der Waals surface area contributed by atoms with Crippen LogP contribution < -0.4 is 10.6 Å². The van der Waals surface area contributed by atoms with Crippen LogP contribution in [0.2, 0.25) is 0 Å². The average molecular weight is 290 g/mol. The van der Waals surface area contributed by atoms with Crippen molar-refractivity contribution in [3.8, 4) is 0 Å². The van der Waals surface area contributed by atoms with Gasteiger partial charge in [0.25, 0.3) is 5.91 Å². The fraction of sp³-hybridized carbons (Fsp3) is 0.357. The van der Waals surface area contributed by atoms with E-state index in [9.17, 15) is 4.79 Å². The van der Waals surface area contributed by atoms with Crippen molar-refractivity contribution >= 4 is 28.2 Å². The minimum absolute atomic E-state index is 0.119. The van der Waals surface area contributed by atoms with Gasteiger partial charge in [0.1, 0.15) is 11.5 Å². The summed E-state index contributed by atoms with van der Waals surface area (Å²) < 4.78 is 0. The van der Waals surface area contributed by atoms with Gasteiger partial charge in [0.15, 0.2) is 5.13 Å². The number of thiazole rings is 1. The summed E-state index contributed by atoms with van der Waals surface area (Å²) in [6.07, 6.45) is 4.98. The highest BCUT2D eigenvalue weighted by molar-refractivity contribution is 7.14. The van der Waals surface area contributed by atoms with Gasteiger partial charge in [-0.1, -0.05) is 25.8 Å². The fourth-order valence-electron chi connectivity index (χ4n) is 1.65. The van der Waals surface area contributed by atoms with Crippen molar-refractivity contribution in [1.29, 1.82) is 0 Å². The maximum absolute atomic E-state index is 11.9. The monoisotopic (exact) mass is 290 g/mol. The second kappa shape index (κ2) is 7.59. The fourth-order valence-corrected chi connectivity index (χ4v) is 2.35. The molecule has 0 fully saturated rings. The number of carbonyl (C=O) groups excluding carboxylic acids is 1. The van der Waals surface area contributed by atoms with Gasteiger partial charge in [-0.3, -0.25) is 4.79 Å². The van der Waals surface area contributed by atoms with E-state index in [0.29, 0.717) is 17.4 Å². The summed E-state index contributed by atoms with van der Waals surface area (Å²) in [5.41, 5.74) is 0.449. The highest BCUT2D eigenvalue weighted by atomic mass is 32.1. The molecule has 6 heteroatoms. The molecule has 0 aliphatic rings. The molecule has 0 spiro atoms. The topological polar surface area (TPSA) is 66.9 Å². The first-order chi connectivity index (χ1) is 9.79. The van der Waals surface area contributed by atoms with Crippen molar-refractivity contribution in [1.82, 2.24) is 15.3 Å². The van der Waals surface area contributed by atoms with Crippen LogP contribution in [0.25, 0.3) is 0 Å². The van der Waals surface area contributed by atoms with E-state index in [2.05, 4.69) is 27.5 Å². The lowest BCUT2D eigenvalue weighted by atomic mass is 10.2. The van der Waals surface area contributed by atoms with Crippen molar-refractivity contribution in [3.05, 3.63) is 35.5 Å². The smallest absolute Gasteiger partial charge is 0.270 e. The molecule has 1 amide bonds.